The van der Waals surface area contributed by atoms with Crippen LogP contribution in [0.3, 0.4) is 0 Å². The summed E-state index contributed by atoms with van der Waals surface area (Å²) in [6, 6.07) is 15.2. The topological polar surface area (TPSA) is 61.8 Å². The average molecular weight is 349 g/mol. The number of hydrogen-bond acceptors (Lipinski definition) is 4. The van der Waals surface area contributed by atoms with Crippen molar-refractivity contribution in [2.24, 2.45) is 5.10 Å². The van der Waals surface area contributed by atoms with Crippen LogP contribution in [0.5, 0.6) is 0 Å². The maximum absolute atomic E-state index is 12.6. The Morgan fingerprint density at radius 3 is 2.72 bits per heavy atom. The first-order valence-corrected chi connectivity index (χ1v) is 8.74. The Balaban J connectivity index is 1.54. The van der Waals surface area contributed by atoms with Crippen molar-refractivity contribution < 1.29 is 9.59 Å². The number of amides is 2. The van der Waals surface area contributed by atoms with Gasteiger partial charge in [-0.05, 0) is 35.9 Å². The highest BCUT2D eigenvalue weighted by Gasteiger charge is 2.30. The largest absolute Gasteiger partial charge is 0.298 e. The van der Waals surface area contributed by atoms with Gasteiger partial charge in [0.25, 0.3) is 11.8 Å². The fraction of sp³-hybridized carbons (Fsp3) is 0.105. The van der Waals surface area contributed by atoms with Crippen LogP contribution in [-0.4, -0.2) is 24.1 Å². The zero-order chi connectivity index (χ0) is 17.4. The van der Waals surface area contributed by atoms with Crippen LogP contribution < -0.4 is 10.3 Å². The Morgan fingerprint density at radius 1 is 1.16 bits per heavy atom. The van der Waals surface area contributed by atoms with Crippen molar-refractivity contribution in [2.75, 3.05) is 11.4 Å². The minimum absolute atomic E-state index is 0.0617. The molecule has 2 amide bonds. The predicted molar refractivity (Wildman–Crippen MR) is 100 cm³/mol. The number of nitrogens with zero attached hydrogens (tertiary/aromatic N) is 2. The molecule has 1 aliphatic rings. The highest BCUT2D eigenvalue weighted by atomic mass is 32.1. The summed E-state index contributed by atoms with van der Waals surface area (Å²) in [6.07, 6.45) is 0. The SMILES string of the molecule is C/C(=N/NC(=O)CN1C(=O)c2cccc3cccc1c23)c1cccs1. The molecular formula is C19H15N3O2S. The maximum Gasteiger partial charge on any atom is 0.260 e. The average Bonchev–Trinajstić information content (AvgIpc) is 3.25. The quantitative estimate of drug-likeness (QED) is 0.580. The summed E-state index contributed by atoms with van der Waals surface area (Å²) in [5.41, 5.74) is 4.68. The van der Waals surface area contributed by atoms with E-state index < -0.39 is 0 Å². The molecule has 0 saturated heterocycles. The van der Waals surface area contributed by atoms with Gasteiger partial charge in [-0.3, -0.25) is 14.5 Å². The molecule has 0 unspecified atom stereocenters. The van der Waals surface area contributed by atoms with E-state index >= 15 is 0 Å². The molecule has 3 aromatic rings. The second-order valence-electron chi connectivity index (χ2n) is 5.78. The number of carbonyl (C=O) groups is 2. The van der Waals surface area contributed by atoms with E-state index in [4.69, 9.17) is 0 Å². The number of rotatable bonds is 4. The lowest BCUT2D eigenvalue weighted by Crippen LogP contribution is -2.37. The second-order valence-corrected chi connectivity index (χ2v) is 6.73. The van der Waals surface area contributed by atoms with Gasteiger partial charge in [-0.1, -0.05) is 30.3 Å². The molecule has 4 rings (SSSR count). The van der Waals surface area contributed by atoms with Crippen LogP contribution in [0.2, 0.25) is 0 Å². The van der Waals surface area contributed by atoms with E-state index in [1.54, 1.807) is 17.4 Å². The molecule has 1 N–H and O–H groups in total. The molecule has 0 aliphatic carbocycles. The third-order valence-corrected chi connectivity index (χ3v) is 5.16. The predicted octanol–water partition coefficient (Wildman–Crippen LogP) is 3.40. The number of hydrogen-bond donors (Lipinski definition) is 1. The lowest BCUT2D eigenvalue weighted by Gasteiger charge is -2.16. The number of nitrogens with one attached hydrogen (secondary N) is 1. The number of anilines is 1. The zero-order valence-electron chi connectivity index (χ0n) is 13.5. The number of benzene rings is 2. The first kappa shape index (κ1) is 15.5. The van der Waals surface area contributed by atoms with Gasteiger partial charge in [0.05, 0.1) is 11.4 Å². The first-order chi connectivity index (χ1) is 12.1. The van der Waals surface area contributed by atoms with Crippen LogP contribution in [-0.2, 0) is 4.79 Å². The summed E-state index contributed by atoms with van der Waals surface area (Å²) >= 11 is 1.56. The lowest BCUT2D eigenvalue weighted by molar-refractivity contribution is -0.119. The van der Waals surface area contributed by atoms with E-state index in [0.29, 0.717) is 5.56 Å². The molecule has 2 heterocycles. The fourth-order valence-electron chi connectivity index (χ4n) is 3.00. The van der Waals surface area contributed by atoms with Gasteiger partial charge in [0, 0.05) is 15.8 Å². The molecule has 0 atom stereocenters. The van der Waals surface area contributed by atoms with Crippen LogP contribution in [0.15, 0.2) is 59.0 Å². The number of hydrazone groups is 1. The standard InChI is InChI=1S/C19H15N3O2S/c1-12(16-9-4-10-25-16)20-21-17(23)11-22-15-8-3-6-13-5-2-7-14(18(13)15)19(22)24/h2-10H,11H2,1H3,(H,21,23)/b20-12-. The molecule has 0 saturated carbocycles. The highest BCUT2D eigenvalue weighted by molar-refractivity contribution is 7.12. The van der Waals surface area contributed by atoms with Gasteiger partial charge in [0.15, 0.2) is 0 Å². The van der Waals surface area contributed by atoms with Crippen molar-refractivity contribution in [3.05, 3.63) is 64.4 Å². The Kier molecular flexibility index (Phi) is 3.82. The van der Waals surface area contributed by atoms with Crippen molar-refractivity contribution in [2.45, 2.75) is 6.92 Å². The van der Waals surface area contributed by atoms with Crippen LogP contribution in [0.1, 0.15) is 22.2 Å². The minimum Gasteiger partial charge on any atom is -0.298 e. The third kappa shape index (κ3) is 2.70. The normalized spacial score (nSPS) is 13.6. The minimum atomic E-state index is -0.325. The lowest BCUT2D eigenvalue weighted by atomic mass is 10.1. The Labute approximate surface area is 148 Å². The van der Waals surface area contributed by atoms with Gasteiger partial charge in [-0.2, -0.15) is 5.10 Å². The molecule has 1 aliphatic heterocycles. The van der Waals surface area contributed by atoms with E-state index in [1.165, 1.54) is 4.90 Å². The number of carbonyl (C=O) groups excluding carboxylic acids is 2. The Morgan fingerprint density at radius 2 is 1.96 bits per heavy atom. The molecule has 0 fully saturated rings. The van der Waals surface area contributed by atoms with Crippen molar-refractivity contribution >= 4 is 45.3 Å². The van der Waals surface area contributed by atoms with E-state index in [1.807, 2.05) is 54.8 Å². The van der Waals surface area contributed by atoms with Gasteiger partial charge in [-0.15, -0.1) is 11.3 Å². The smallest absolute Gasteiger partial charge is 0.260 e. The van der Waals surface area contributed by atoms with Crippen molar-refractivity contribution in [3.8, 4) is 0 Å². The van der Waals surface area contributed by atoms with Crippen LogP contribution >= 0.6 is 11.3 Å². The van der Waals surface area contributed by atoms with E-state index in [9.17, 15) is 9.59 Å². The van der Waals surface area contributed by atoms with Gasteiger partial charge >= 0.3 is 0 Å². The molecule has 0 radical (unpaired) electrons. The summed E-state index contributed by atoms with van der Waals surface area (Å²) in [4.78, 5) is 27.4. The van der Waals surface area contributed by atoms with Gasteiger partial charge < -0.3 is 0 Å². The first-order valence-electron chi connectivity index (χ1n) is 7.86. The molecule has 124 valence electrons. The summed E-state index contributed by atoms with van der Waals surface area (Å²) in [7, 11) is 0. The van der Waals surface area contributed by atoms with Crippen molar-refractivity contribution in [1.29, 1.82) is 0 Å². The molecule has 1 aromatic heterocycles. The second kappa shape index (κ2) is 6.14. The van der Waals surface area contributed by atoms with Gasteiger partial charge in [0.2, 0.25) is 0 Å². The van der Waals surface area contributed by atoms with Crippen LogP contribution in [0.4, 0.5) is 5.69 Å². The van der Waals surface area contributed by atoms with E-state index in [-0.39, 0.29) is 18.4 Å². The molecule has 6 heteroatoms. The molecule has 0 bridgehead atoms. The maximum atomic E-state index is 12.6. The van der Waals surface area contributed by atoms with E-state index in [2.05, 4.69) is 10.5 Å². The molecule has 2 aromatic carbocycles. The van der Waals surface area contributed by atoms with Crippen molar-refractivity contribution in [3.63, 3.8) is 0 Å². The van der Waals surface area contributed by atoms with Crippen LogP contribution in [0, 0.1) is 0 Å². The summed E-state index contributed by atoms with van der Waals surface area (Å²) in [5.74, 6) is -0.477. The van der Waals surface area contributed by atoms with Gasteiger partial charge in [0.1, 0.15) is 6.54 Å². The Bertz CT molecular complexity index is 1000. The van der Waals surface area contributed by atoms with Crippen molar-refractivity contribution in [1.82, 2.24) is 5.43 Å². The van der Waals surface area contributed by atoms with Crippen LogP contribution in [0.25, 0.3) is 10.8 Å². The van der Waals surface area contributed by atoms with Gasteiger partial charge in [-0.25, -0.2) is 5.43 Å². The fourth-order valence-corrected chi connectivity index (χ4v) is 3.68. The zero-order valence-corrected chi connectivity index (χ0v) is 14.3. The molecule has 25 heavy (non-hydrogen) atoms. The molecule has 0 spiro atoms. The monoisotopic (exact) mass is 349 g/mol. The third-order valence-electron chi connectivity index (χ3n) is 4.18. The Hall–Kier alpha value is -2.99. The highest BCUT2D eigenvalue weighted by Crippen LogP contribution is 2.36. The number of thiophene rings is 1. The molecular weight excluding hydrogens is 334 g/mol. The van der Waals surface area contributed by atoms with E-state index in [0.717, 1.165) is 27.0 Å². The summed E-state index contributed by atoms with van der Waals surface area (Å²) in [6.45, 7) is 1.78. The summed E-state index contributed by atoms with van der Waals surface area (Å²) in [5, 5.41) is 7.98. The molecule has 5 nitrogen and oxygen atoms in total. The summed E-state index contributed by atoms with van der Waals surface area (Å²) < 4.78 is 0.